The van der Waals surface area contributed by atoms with E-state index in [0.717, 1.165) is 39.2 Å². The molecule has 1 saturated heterocycles. The Morgan fingerprint density at radius 2 is 2.21 bits per heavy atom. The molecule has 5 nitrogen and oxygen atoms in total. The van der Waals surface area contributed by atoms with Crippen molar-refractivity contribution in [1.82, 2.24) is 15.1 Å². The molecule has 1 atom stereocenters. The van der Waals surface area contributed by atoms with Gasteiger partial charge >= 0.3 is 0 Å². The zero-order valence-corrected chi connectivity index (χ0v) is 12.2. The van der Waals surface area contributed by atoms with E-state index in [9.17, 15) is 0 Å². The number of nitrogens with one attached hydrogen (secondary N) is 1. The van der Waals surface area contributed by atoms with Gasteiger partial charge in [0.15, 0.2) is 0 Å². The van der Waals surface area contributed by atoms with E-state index in [1.807, 2.05) is 17.9 Å². The highest BCUT2D eigenvalue weighted by atomic mass is 16.5. The highest BCUT2D eigenvalue weighted by Crippen LogP contribution is 2.37. The minimum atomic E-state index is -0.184. The van der Waals surface area contributed by atoms with E-state index in [2.05, 4.69) is 30.3 Å². The molecular weight excluding hydrogens is 242 g/mol. The number of hydrogen-bond donors (Lipinski definition) is 1. The quantitative estimate of drug-likeness (QED) is 0.851. The molecule has 0 spiro atoms. The van der Waals surface area contributed by atoms with Crippen LogP contribution in [0.25, 0.3) is 0 Å². The average Bonchev–Trinajstić information content (AvgIpc) is 2.83. The van der Waals surface area contributed by atoms with Crippen molar-refractivity contribution >= 4 is 0 Å². The van der Waals surface area contributed by atoms with E-state index < -0.39 is 0 Å². The number of rotatable bonds is 6. The maximum atomic E-state index is 6.18. The van der Waals surface area contributed by atoms with Gasteiger partial charge in [0, 0.05) is 45.9 Å². The van der Waals surface area contributed by atoms with Gasteiger partial charge in [-0.25, -0.2) is 0 Å². The highest BCUT2D eigenvalue weighted by Gasteiger charge is 2.42. The largest absolute Gasteiger partial charge is 0.381 e. The fourth-order valence-electron chi connectivity index (χ4n) is 2.95. The third-order valence-electron chi connectivity index (χ3n) is 3.86. The van der Waals surface area contributed by atoms with Crippen LogP contribution in [0.2, 0.25) is 0 Å². The molecular formula is C14H25N3O2. The van der Waals surface area contributed by atoms with Gasteiger partial charge in [0.2, 0.25) is 0 Å². The molecule has 0 aliphatic carbocycles. The number of ether oxygens (including phenoxy) is 2. The summed E-state index contributed by atoms with van der Waals surface area (Å²) in [5.74, 6) is 0. The molecule has 5 heteroatoms. The first-order chi connectivity index (χ1) is 9.23. The number of likely N-dealkylation sites (N-methyl/N-ethyl adjacent to an activating group) is 1. The summed E-state index contributed by atoms with van der Waals surface area (Å²) in [5.41, 5.74) is 0.994. The number of aromatic nitrogens is 2. The summed E-state index contributed by atoms with van der Waals surface area (Å²) in [6, 6.07) is 2.23. The molecule has 0 radical (unpaired) electrons. The molecule has 1 fully saturated rings. The smallest absolute Gasteiger partial charge is 0.0935 e. The molecule has 0 amide bonds. The molecule has 1 aliphatic rings. The Morgan fingerprint density at radius 1 is 1.47 bits per heavy atom. The van der Waals surface area contributed by atoms with Gasteiger partial charge in [-0.15, -0.1) is 0 Å². The lowest BCUT2D eigenvalue weighted by Crippen LogP contribution is -2.50. The molecule has 19 heavy (non-hydrogen) atoms. The standard InChI is InChI=1S/C14H25N3O2/c1-4-15-13(12-6-9-16-17(12)3)14(19-5-2)7-10-18-11-8-14/h6,9,13,15H,4-5,7-8,10-11H2,1-3H3. The van der Waals surface area contributed by atoms with Gasteiger partial charge in [0.05, 0.1) is 17.3 Å². The third-order valence-corrected chi connectivity index (χ3v) is 3.86. The lowest BCUT2D eigenvalue weighted by atomic mass is 9.84. The molecule has 1 unspecified atom stereocenters. The van der Waals surface area contributed by atoms with E-state index in [4.69, 9.17) is 9.47 Å². The van der Waals surface area contributed by atoms with E-state index in [1.165, 1.54) is 5.69 Å². The molecule has 0 aromatic carbocycles. The fraction of sp³-hybridized carbons (Fsp3) is 0.786. The van der Waals surface area contributed by atoms with Crippen molar-refractivity contribution in [2.24, 2.45) is 7.05 Å². The van der Waals surface area contributed by atoms with E-state index in [0.29, 0.717) is 0 Å². The Hall–Kier alpha value is -0.910. The summed E-state index contributed by atoms with van der Waals surface area (Å²) in [6.45, 7) is 7.34. The predicted molar refractivity (Wildman–Crippen MR) is 74.0 cm³/mol. The van der Waals surface area contributed by atoms with Crippen molar-refractivity contribution < 1.29 is 9.47 Å². The van der Waals surface area contributed by atoms with Crippen LogP contribution in [0, 0.1) is 0 Å². The zero-order chi connectivity index (χ0) is 13.7. The fourth-order valence-corrected chi connectivity index (χ4v) is 2.95. The summed E-state index contributed by atoms with van der Waals surface area (Å²) in [5, 5.41) is 7.88. The summed E-state index contributed by atoms with van der Waals surface area (Å²) in [7, 11) is 1.98. The molecule has 0 bridgehead atoms. The van der Waals surface area contributed by atoms with Crippen LogP contribution in [0.1, 0.15) is 38.4 Å². The van der Waals surface area contributed by atoms with Crippen LogP contribution in [0.5, 0.6) is 0 Å². The first kappa shape index (κ1) is 14.5. The first-order valence-corrected chi connectivity index (χ1v) is 7.16. The Balaban J connectivity index is 2.31. The maximum absolute atomic E-state index is 6.18. The summed E-state index contributed by atoms with van der Waals surface area (Å²) < 4.78 is 13.6. The molecule has 108 valence electrons. The van der Waals surface area contributed by atoms with E-state index >= 15 is 0 Å². The topological polar surface area (TPSA) is 48.3 Å². The van der Waals surface area contributed by atoms with Crippen molar-refractivity contribution in [1.29, 1.82) is 0 Å². The van der Waals surface area contributed by atoms with Crippen molar-refractivity contribution in [3.8, 4) is 0 Å². The highest BCUT2D eigenvalue weighted by molar-refractivity contribution is 5.14. The molecule has 1 aliphatic heterocycles. The van der Waals surface area contributed by atoms with E-state index in [-0.39, 0.29) is 11.6 Å². The second kappa shape index (κ2) is 6.50. The van der Waals surface area contributed by atoms with Crippen LogP contribution in [-0.2, 0) is 16.5 Å². The number of nitrogens with zero attached hydrogens (tertiary/aromatic N) is 2. The van der Waals surface area contributed by atoms with Crippen LogP contribution in [0.4, 0.5) is 0 Å². The van der Waals surface area contributed by atoms with E-state index in [1.54, 1.807) is 0 Å². The Bertz CT molecular complexity index is 380. The molecule has 0 saturated carbocycles. The van der Waals surface area contributed by atoms with Crippen LogP contribution < -0.4 is 5.32 Å². The minimum Gasteiger partial charge on any atom is -0.381 e. The van der Waals surface area contributed by atoms with Crippen LogP contribution in [0.15, 0.2) is 12.3 Å². The Kier molecular flexibility index (Phi) is 4.96. The summed E-state index contributed by atoms with van der Waals surface area (Å²) >= 11 is 0. The predicted octanol–water partition coefficient (Wildman–Crippen LogP) is 1.66. The van der Waals surface area contributed by atoms with Gasteiger partial charge in [-0.05, 0) is 19.5 Å². The molecule has 1 aromatic heterocycles. The number of aryl methyl sites for hydroxylation is 1. The minimum absolute atomic E-state index is 0.161. The molecule has 1 N–H and O–H groups in total. The average molecular weight is 267 g/mol. The van der Waals surface area contributed by atoms with Crippen LogP contribution in [-0.4, -0.2) is 41.7 Å². The Labute approximate surface area is 115 Å². The van der Waals surface area contributed by atoms with Crippen molar-refractivity contribution in [3.05, 3.63) is 18.0 Å². The summed E-state index contributed by atoms with van der Waals surface area (Å²) in [4.78, 5) is 0. The SMILES string of the molecule is CCNC(c1ccnn1C)C1(OCC)CCOCC1. The monoisotopic (exact) mass is 267 g/mol. The van der Waals surface area contributed by atoms with Gasteiger partial charge in [-0.1, -0.05) is 6.92 Å². The van der Waals surface area contributed by atoms with Gasteiger partial charge in [0.1, 0.15) is 0 Å². The normalized spacial score (nSPS) is 20.4. The van der Waals surface area contributed by atoms with Gasteiger partial charge in [-0.3, -0.25) is 4.68 Å². The van der Waals surface area contributed by atoms with Gasteiger partial charge < -0.3 is 14.8 Å². The lowest BCUT2D eigenvalue weighted by molar-refractivity contribution is -0.129. The van der Waals surface area contributed by atoms with Crippen LogP contribution >= 0.6 is 0 Å². The zero-order valence-electron chi connectivity index (χ0n) is 12.2. The summed E-state index contributed by atoms with van der Waals surface area (Å²) in [6.07, 6.45) is 3.69. The molecule has 1 aromatic rings. The Morgan fingerprint density at radius 3 is 2.74 bits per heavy atom. The van der Waals surface area contributed by atoms with Crippen molar-refractivity contribution in [2.45, 2.75) is 38.3 Å². The van der Waals surface area contributed by atoms with Crippen molar-refractivity contribution in [3.63, 3.8) is 0 Å². The first-order valence-electron chi connectivity index (χ1n) is 7.16. The second-order valence-corrected chi connectivity index (χ2v) is 4.98. The molecule has 2 heterocycles. The second-order valence-electron chi connectivity index (χ2n) is 4.98. The lowest BCUT2D eigenvalue weighted by Gasteiger charge is -2.43. The van der Waals surface area contributed by atoms with Crippen LogP contribution in [0.3, 0.4) is 0 Å². The maximum Gasteiger partial charge on any atom is 0.0935 e. The third kappa shape index (κ3) is 2.99. The van der Waals surface area contributed by atoms with Gasteiger partial charge in [0.25, 0.3) is 0 Å². The molecule has 2 rings (SSSR count). The van der Waals surface area contributed by atoms with Gasteiger partial charge in [-0.2, -0.15) is 5.10 Å². The van der Waals surface area contributed by atoms with Crippen molar-refractivity contribution in [2.75, 3.05) is 26.4 Å². The number of hydrogen-bond acceptors (Lipinski definition) is 4.